The molecule has 0 radical (unpaired) electrons. The van der Waals surface area contributed by atoms with E-state index in [0.29, 0.717) is 16.9 Å². The van der Waals surface area contributed by atoms with Gasteiger partial charge >= 0.3 is 5.97 Å². The summed E-state index contributed by atoms with van der Waals surface area (Å²) >= 11 is 0. The Morgan fingerprint density at radius 2 is 1.70 bits per heavy atom. The topological polar surface area (TPSA) is 152 Å². The lowest BCUT2D eigenvalue weighted by Crippen LogP contribution is -2.17. The Morgan fingerprint density at radius 3 is 2.33 bits per heavy atom. The van der Waals surface area contributed by atoms with Gasteiger partial charge in [0.05, 0.1) is 21.3 Å². The van der Waals surface area contributed by atoms with Gasteiger partial charge in [0.15, 0.2) is 28.2 Å². The minimum absolute atomic E-state index is 0.000785. The van der Waals surface area contributed by atoms with Gasteiger partial charge in [0.1, 0.15) is 5.69 Å². The summed E-state index contributed by atoms with van der Waals surface area (Å²) in [6.07, 6.45) is 2.77. The predicted molar refractivity (Wildman–Crippen MR) is 146 cm³/mol. The molecule has 0 aliphatic heterocycles. The molecule has 0 spiro atoms. The number of rotatable bonds is 10. The minimum Gasteiger partial charge on any atom is -0.493 e. The van der Waals surface area contributed by atoms with Crippen molar-refractivity contribution >= 4 is 27.4 Å². The molecule has 0 saturated heterocycles. The van der Waals surface area contributed by atoms with Gasteiger partial charge in [-0.15, -0.1) is 0 Å². The van der Waals surface area contributed by atoms with E-state index >= 15 is 0 Å². The van der Waals surface area contributed by atoms with Gasteiger partial charge in [-0.1, -0.05) is 24.8 Å². The molecule has 3 heterocycles. The van der Waals surface area contributed by atoms with Crippen LogP contribution < -0.4 is 18.9 Å². The zero-order valence-electron chi connectivity index (χ0n) is 22.0. The number of allylic oxidation sites excluding steroid dienone is 1. The number of aromatic nitrogens is 4. The third kappa shape index (κ3) is 5.99. The third-order valence-electron chi connectivity index (χ3n) is 5.46. The van der Waals surface area contributed by atoms with E-state index in [9.17, 15) is 13.2 Å². The van der Waals surface area contributed by atoms with Gasteiger partial charge in [-0.05, 0) is 48.4 Å². The Morgan fingerprint density at radius 1 is 0.950 bits per heavy atom. The van der Waals surface area contributed by atoms with Gasteiger partial charge in [0.2, 0.25) is 5.75 Å². The lowest BCUT2D eigenvalue weighted by Gasteiger charge is -2.17. The Balaban J connectivity index is 1.87. The molecule has 40 heavy (non-hydrogen) atoms. The summed E-state index contributed by atoms with van der Waals surface area (Å²) in [5.74, 6) is -0.529. The molecule has 3 aromatic heterocycles. The van der Waals surface area contributed by atoms with Gasteiger partial charge in [-0.3, -0.25) is 4.72 Å². The highest BCUT2D eigenvalue weighted by molar-refractivity contribution is 7.92. The van der Waals surface area contributed by atoms with Crippen LogP contribution in [0.25, 0.3) is 17.0 Å². The Kier molecular flexibility index (Phi) is 8.24. The van der Waals surface area contributed by atoms with Crippen LogP contribution >= 0.6 is 0 Å². The summed E-state index contributed by atoms with van der Waals surface area (Å²) in [6.45, 7) is 5.62. The quantitative estimate of drug-likeness (QED) is 0.274. The SMILES string of the molecule is C=C(C)c1ccc(S(=O)(=O)Nc2nc(-c3ccnc(C(=O)OC)c3)nc(OC)c2Oc2ccccc2OC)nc1. The molecule has 206 valence electrons. The monoisotopic (exact) mass is 563 g/mol. The number of para-hydroxylation sites is 2. The number of methoxy groups -OCH3 is 3. The number of benzene rings is 1. The molecule has 1 aromatic carbocycles. The minimum atomic E-state index is -4.27. The molecule has 0 aliphatic carbocycles. The van der Waals surface area contributed by atoms with E-state index in [1.807, 2.05) is 0 Å². The van der Waals surface area contributed by atoms with Crippen molar-refractivity contribution in [2.24, 2.45) is 0 Å². The highest BCUT2D eigenvalue weighted by Gasteiger charge is 2.26. The summed E-state index contributed by atoms with van der Waals surface area (Å²) < 4.78 is 50.8. The Labute approximate surface area is 230 Å². The summed E-state index contributed by atoms with van der Waals surface area (Å²) in [5, 5.41) is -0.267. The van der Waals surface area contributed by atoms with Crippen LogP contribution in [0.1, 0.15) is 23.0 Å². The number of carbonyl (C=O) groups is 1. The van der Waals surface area contributed by atoms with Gasteiger partial charge < -0.3 is 18.9 Å². The van der Waals surface area contributed by atoms with Crippen LogP contribution in [0.15, 0.2) is 72.5 Å². The van der Waals surface area contributed by atoms with Crippen LogP contribution in [-0.2, 0) is 14.8 Å². The number of nitrogens with zero attached hydrogens (tertiary/aromatic N) is 4. The number of nitrogens with one attached hydrogen (secondary N) is 1. The summed E-state index contributed by atoms with van der Waals surface area (Å²) in [5.41, 5.74) is 1.75. The van der Waals surface area contributed by atoms with Crippen LogP contribution in [0.2, 0.25) is 0 Å². The zero-order valence-corrected chi connectivity index (χ0v) is 22.9. The second-order valence-corrected chi connectivity index (χ2v) is 9.81. The maximum atomic E-state index is 13.4. The molecule has 0 aliphatic rings. The second kappa shape index (κ2) is 11.8. The number of ether oxygens (including phenoxy) is 4. The molecule has 4 rings (SSSR count). The number of esters is 1. The molecular formula is C27H25N5O7S. The molecule has 12 nitrogen and oxygen atoms in total. The molecule has 0 unspecified atom stereocenters. The van der Waals surface area contributed by atoms with Gasteiger partial charge in [0, 0.05) is 18.0 Å². The number of pyridine rings is 2. The van der Waals surface area contributed by atoms with Crippen LogP contribution in [0.3, 0.4) is 0 Å². The van der Waals surface area contributed by atoms with E-state index in [1.165, 1.54) is 51.9 Å². The Bertz CT molecular complexity index is 1680. The highest BCUT2D eigenvalue weighted by Crippen LogP contribution is 2.41. The molecule has 1 N–H and O–H groups in total. The summed E-state index contributed by atoms with van der Waals surface area (Å²) in [7, 11) is -0.243. The van der Waals surface area contributed by atoms with E-state index in [-0.39, 0.29) is 39.7 Å². The average molecular weight is 564 g/mol. The maximum absolute atomic E-state index is 13.4. The first kappa shape index (κ1) is 28.0. The van der Waals surface area contributed by atoms with Crippen molar-refractivity contribution in [3.63, 3.8) is 0 Å². The van der Waals surface area contributed by atoms with Crippen LogP contribution in [0.5, 0.6) is 23.1 Å². The summed E-state index contributed by atoms with van der Waals surface area (Å²) in [6, 6.07) is 12.6. The Hall–Kier alpha value is -5.04. The van der Waals surface area contributed by atoms with E-state index in [1.54, 1.807) is 37.3 Å². The van der Waals surface area contributed by atoms with E-state index in [4.69, 9.17) is 18.9 Å². The van der Waals surface area contributed by atoms with Crippen molar-refractivity contribution in [2.75, 3.05) is 26.1 Å². The average Bonchev–Trinajstić information content (AvgIpc) is 2.97. The van der Waals surface area contributed by atoms with Crippen molar-refractivity contribution < 1.29 is 32.2 Å². The largest absolute Gasteiger partial charge is 0.493 e. The maximum Gasteiger partial charge on any atom is 0.356 e. The van der Waals surface area contributed by atoms with Crippen molar-refractivity contribution in [2.45, 2.75) is 11.9 Å². The predicted octanol–water partition coefficient (Wildman–Crippen LogP) is 4.36. The van der Waals surface area contributed by atoms with Gasteiger partial charge in [0.25, 0.3) is 15.9 Å². The van der Waals surface area contributed by atoms with Crippen LogP contribution in [-0.4, -0.2) is 55.7 Å². The van der Waals surface area contributed by atoms with Crippen molar-refractivity contribution in [1.29, 1.82) is 0 Å². The van der Waals surface area contributed by atoms with Crippen LogP contribution in [0, 0.1) is 0 Å². The smallest absolute Gasteiger partial charge is 0.356 e. The first-order valence-electron chi connectivity index (χ1n) is 11.6. The fourth-order valence-corrected chi connectivity index (χ4v) is 4.36. The second-order valence-electron chi connectivity index (χ2n) is 8.18. The third-order valence-corrected chi connectivity index (χ3v) is 6.71. The summed E-state index contributed by atoms with van der Waals surface area (Å²) in [4.78, 5) is 28.9. The van der Waals surface area contributed by atoms with E-state index in [2.05, 4.69) is 31.2 Å². The standard InChI is InChI=1S/C27H25N5O7S/c1-16(2)18-10-11-22(29-15-18)40(34,35)32-25-23(39-21-9-7-6-8-20(21)36-3)26(37-4)31-24(30-25)17-12-13-28-19(14-17)27(33)38-5/h6-15H,1H2,2-5H3,(H,30,31,32). The van der Waals surface area contributed by atoms with E-state index in [0.717, 1.165) is 5.57 Å². The van der Waals surface area contributed by atoms with Crippen molar-refractivity contribution in [1.82, 2.24) is 19.9 Å². The van der Waals surface area contributed by atoms with E-state index < -0.39 is 16.0 Å². The number of anilines is 1. The van der Waals surface area contributed by atoms with Gasteiger partial charge in [-0.2, -0.15) is 13.4 Å². The molecular weight excluding hydrogens is 538 g/mol. The molecule has 13 heteroatoms. The zero-order chi connectivity index (χ0) is 28.9. The number of carbonyl (C=O) groups excluding carboxylic acids is 1. The first-order valence-corrected chi connectivity index (χ1v) is 13.1. The van der Waals surface area contributed by atoms with Crippen LogP contribution in [0.4, 0.5) is 5.82 Å². The molecule has 4 aromatic rings. The fraction of sp³-hybridized carbons (Fsp3) is 0.148. The molecule has 0 bridgehead atoms. The number of hydrogen-bond donors (Lipinski definition) is 1. The highest BCUT2D eigenvalue weighted by atomic mass is 32.2. The number of hydrogen-bond acceptors (Lipinski definition) is 11. The fourth-order valence-electron chi connectivity index (χ4n) is 3.43. The molecule has 0 fully saturated rings. The number of sulfonamides is 1. The van der Waals surface area contributed by atoms with Crippen molar-refractivity contribution in [3.05, 3.63) is 78.8 Å². The van der Waals surface area contributed by atoms with Gasteiger partial charge in [-0.25, -0.2) is 19.7 Å². The molecule has 0 atom stereocenters. The first-order chi connectivity index (χ1) is 19.2. The molecule has 0 amide bonds. The lowest BCUT2D eigenvalue weighted by molar-refractivity contribution is 0.0594. The molecule has 0 saturated carbocycles. The lowest BCUT2D eigenvalue weighted by atomic mass is 10.2. The van der Waals surface area contributed by atoms with Crippen molar-refractivity contribution in [3.8, 4) is 34.5 Å². The normalized spacial score (nSPS) is 10.9.